The topological polar surface area (TPSA) is 44.4 Å². The molecule has 1 aliphatic rings. The van der Waals surface area contributed by atoms with Crippen LogP contribution in [0.2, 0.25) is 0 Å². The summed E-state index contributed by atoms with van der Waals surface area (Å²) in [4.78, 5) is 14.9. The fraction of sp³-hybridized carbons (Fsp3) is 0.381. The van der Waals surface area contributed by atoms with Crippen LogP contribution in [0.5, 0.6) is 0 Å². The number of benzene rings is 2. The number of hydrogen-bond acceptors (Lipinski definition) is 3. The average molecular weight is 337 g/mol. The van der Waals surface area contributed by atoms with Crippen molar-refractivity contribution in [3.05, 3.63) is 54.1 Å². The number of anilines is 3. The van der Waals surface area contributed by atoms with E-state index in [9.17, 15) is 4.79 Å². The molecule has 1 heterocycles. The summed E-state index contributed by atoms with van der Waals surface area (Å²) in [7, 11) is 0. The largest absolute Gasteiger partial charge is 0.377 e. The minimum Gasteiger partial charge on any atom is -0.377 e. The lowest BCUT2D eigenvalue weighted by Gasteiger charge is -2.41. The van der Waals surface area contributed by atoms with Crippen LogP contribution >= 0.6 is 0 Å². The van der Waals surface area contributed by atoms with Crippen LogP contribution in [0.25, 0.3) is 0 Å². The number of hydrogen-bond donors (Lipinski definition) is 2. The van der Waals surface area contributed by atoms with Crippen LogP contribution in [0.4, 0.5) is 17.1 Å². The Morgan fingerprint density at radius 1 is 1.16 bits per heavy atom. The van der Waals surface area contributed by atoms with Crippen molar-refractivity contribution >= 4 is 23.0 Å². The van der Waals surface area contributed by atoms with E-state index >= 15 is 0 Å². The molecule has 1 amide bonds. The highest BCUT2D eigenvalue weighted by molar-refractivity contribution is 5.95. The van der Waals surface area contributed by atoms with Crippen molar-refractivity contribution in [3.8, 4) is 0 Å². The van der Waals surface area contributed by atoms with Crippen LogP contribution in [0.15, 0.2) is 48.5 Å². The van der Waals surface area contributed by atoms with Crippen molar-refractivity contribution in [1.29, 1.82) is 0 Å². The lowest BCUT2D eigenvalue weighted by atomic mass is 9.99. The zero-order valence-corrected chi connectivity index (χ0v) is 15.5. The molecule has 2 N–H and O–H groups in total. The predicted molar refractivity (Wildman–Crippen MR) is 106 cm³/mol. The quantitative estimate of drug-likeness (QED) is 0.866. The van der Waals surface area contributed by atoms with Crippen LogP contribution in [-0.4, -0.2) is 24.5 Å². The van der Waals surface area contributed by atoms with Gasteiger partial charge in [0.1, 0.15) is 0 Å². The van der Waals surface area contributed by atoms with Crippen molar-refractivity contribution in [2.75, 3.05) is 28.6 Å². The van der Waals surface area contributed by atoms with Crippen LogP contribution in [0.3, 0.4) is 0 Å². The average Bonchev–Trinajstić information content (AvgIpc) is 2.54. The summed E-state index contributed by atoms with van der Waals surface area (Å²) in [6, 6.07) is 16.2. The van der Waals surface area contributed by atoms with Gasteiger partial charge in [-0.2, -0.15) is 0 Å². The summed E-state index contributed by atoms with van der Waals surface area (Å²) in [5.41, 5.74) is 4.15. The Morgan fingerprint density at radius 3 is 2.60 bits per heavy atom. The highest BCUT2D eigenvalue weighted by Gasteiger charge is 2.30. The third kappa shape index (κ3) is 3.95. The molecular formula is C21H27N3O. The van der Waals surface area contributed by atoms with E-state index in [0.717, 1.165) is 29.2 Å². The molecular weight excluding hydrogens is 310 g/mol. The van der Waals surface area contributed by atoms with Gasteiger partial charge in [0.25, 0.3) is 0 Å². The van der Waals surface area contributed by atoms with Crippen molar-refractivity contribution < 1.29 is 4.79 Å². The third-order valence-electron chi connectivity index (χ3n) is 4.50. The van der Waals surface area contributed by atoms with Gasteiger partial charge in [0.2, 0.25) is 5.91 Å². The summed E-state index contributed by atoms with van der Waals surface area (Å²) in [5.74, 6) is 0.385. The summed E-state index contributed by atoms with van der Waals surface area (Å²) in [6.45, 7) is 9.71. The molecule has 3 rings (SSSR count). The van der Waals surface area contributed by atoms with Crippen molar-refractivity contribution in [3.63, 3.8) is 0 Å². The maximum absolute atomic E-state index is 12.7. The first-order chi connectivity index (χ1) is 11.9. The minimum atomic E-state index is -0.0789. The number of nitrogens with one attached hydrogen (secondary N) is 2. The number of para-hydroxylation sites is 3. The van der Waals surface area contributed by atoms with E-state index in [1.54, 1.807) is 0 Å². The fourth-order valence-electron chi connectivity index (χ4n) is 3.44. The number of rotatable bonds is 4. The van der Waals surface area contributed by atoms with Gasteiger partial charge in [-0.15, -0.1) is 0 Å². The van der Waals surface area contributed by atoms with Gasteiger partial charge in [0.15, 0.2) is 0 Å². The smallest absolute Gasteiger partial charge is 0.243 e. The lowest BCUT2D eigenvalue weighted by Crippen LogP contribution is -2.50. The van der Waals surface area contributed by atoms with Crippen LogP contribution in [0, 0.1) is 0 Å². The molecule has 25 heavy (non-hydrogen) atoms. The molecule has 2 aromatic rings. The molecule has 0 fully saturated rings. The zero-order chi connectivity index (χ0) is 18.0. The molecule has 4 heteroatoms. The Labute approximate surface area is 150 Å². The monoisotopic (exact) mass is 337 g/mol. The van der Waals surface area contributed by atoms with Gasteiger partial charge in [0, 0.05) is 17.8 Å². The Hall–Kier alpha value is -2.49. The molecule has 132 valence electrons. The molecule has 0 bridgehead atoms. The highest BCUT2D eigenvalue weighted by Crippen LogP contribution is 2.34. The lowest BCUT2D eigenvalue weighted by molar-refractivity contribution is -0.115. The molecule has 0 atom stereocenters. The molecule has 0 radical (unpaired) electrons. The number of nitrogens with zero attached hydrogens (tertiary/aromatic N) is 1. The minimum absolute atomic E-state index is 0.0144. The standard InChI is InChI=1S/C21H27N3O/c1-15(2)16-9-5-6-10-17(16)22-20(25)13-24-14-21(3,4)23-18-11-7-8-12-19(18)24/h5-12,15,23H,13-14H2,1-4H3,(H,22,25). The number of carbonyl (C=O) groups excluding carboxylic acids is 1. The Bertz CT molecular complexity index is 767. The van der Waals surface area contributed by atoms with Gasteiger partial charge in [-0.1, -0.05) is 44.2 Å². The summed E-state index contributed by atoms with van der Waals surface area (Å²) in [5, 5.41) is 6.64. The van der Waals surface area contributed by atoms with E-state index in [-0.39, 0.29) is 11.4 Å². The maximum Gasteiger partial charge on any atom is 0.243 e. The van der Waals surface area contributed by atoms with Gasteiger partial charge >= 0.3 is 0 Å². The first-order valence-corrected chi connectivity index (χ1v) is 8.87. The number of carbonyl (C=O) groups is 1. The van der Waals surface area contributed by atoms with Crippen molar-refractivity contribution in [1.82, 2.24) is 0 Å². The zero-order valence-electron chi connectivity index (χ0n) is 15.5. The Morgan fingerprint density at radius 2 is 1.84 bits per heavy atom. The second-order valence-corrected chi connectivity index (χ2v) is 7.67. The predicted octanol–water partition coefficient (Wildman–Crippen LogP) is 4.46. The highest BCUT2D eigenvalue weighted by atomic mass is 16.2. The second kappa shape index (κ2) is 6.79. The molecule has 4 nitrogen and oxygen atoms in total. The second-order valence-electron chi connectivity index (χ2n) is 7.67. The van der Waals surface area contributed by atoms with Crippen LogP contribution in [-0.2, 0) is 4.79 Å². The summed E-state index contributed by atoms with van der Waals surface area (Å²) in [6.07, 6.45) is 0. The van der Waals surface area contributed by atoms with E-state index < -0.39 is 0 Å². The molecule has 2 aromatic carbocycles. The van der Waals surface area contributed by atoms with Crippen molar-refractivity contribution in [2.24, 2.45) is 0 Å². The maximum atomic E-state index is 12.7. The molecule has 0 unspecified atom stereocenters. The first-order valence-electron chi connectivity index (χ1n) is 8.87. The van der Waals surface area contributed by atoms with Crippen LogP contribution < -0.4 is 15.5 Å². The fourth-order valence-corrected chi connectivity index (χ4v) is 3.44. The molecule has 0 aliphatic carbocycles. The Balaban J connectivity index is 1.78. The van der Waals surface area contributed by atoms with Gasteiger partial charge < -0.3 is 15.5 Å². The SMILES string of the molecule is CC(C)c1ccccc1NC(=O)CN1CC(C)(C)Nc2ccccc21. The van der Waals surface area contributed by atoms with E-state index in [1.807, 2.05) is 30.3 Å². The summed E-state index contributed by atoms with van der Waals surface area (Å²) < 4.78 is 0. The van der Waals surface area contributed by atoms with Crippen molar-refractivity contribution in [2.45, 2.75) is 39.2 Å². The number of fused-ring (bicyclic) bond motifs is 1. The van der Waals surface area contributed by atoms with Gasteiger partial charge in [-0.3, -0.25) is 4.79 Å². The van der Waals surface area contributed by atoms with E-state index in [2.05, 4.69) is 61.4 Å². The molecule has 0 saturated heterocycles. The third-order valence-corrected chi connectivity index (χ3v) is 4.50. The van der Waals surface area contributed by atoms with E-state index in [0.29, 0.717) is 12.5 Å². The summed E-state index contributed by atoms with van der Waals surface area (Å²) >= 11 is 0. The van der Waals surface area contributed by atoms with Gasteiger partial charge in [-0.05, 0) is 43.5 Å². The van der Waals surface area contributed by atoms with E-state index in [4.69, 9.17) is 0 Å². The molecule has 0 saturated carbocycles. The van der Waals surface area contributed by atoms with Gasteiger partial charge in [-0.25, -0.2) is 0 Å². The Kier molecular flexibility index (Phi) is 4.71. The molecule has 1 aliphatic heterocycles. The van der Waals surface area contributed by atoms with E-state index in [1.165, 1.54) is 0 Å². The van der Waals surface area contributed by atoms with Crippen LogP contribution in [0.1, 0.15) is 39.2 Å². The normalized spacial score (nSPS) is 15.5. The number of amides is 1. The first kappa shape index (κ1) is 17.3. The molecule has 0 spiro atoms. The van der Waals surface area contributed by atoms with Gasteiger partial charge in [0.05, 0.1) is 17.9 Å². The molecule has 0 aromatic heterocycles.